The predicted molar refractivity (Wildman–Crippen MR) is 89.5 cm³/mol. The van der Waals surface area contributed by atoms with Gasteiger partial charge in [-0.2, -0.15) is 0 Å². The van der Waals surface area contributed by atoms with Gasteiger partial charge in [-0.05, 0) is 45.3 Å². The SMILES string of the molecule is CC(N(C)C)N1c2ccccc2Sc2ccccc21.Cl. The lowest BCUT2D eigenvalue weighted by Gasteiger charge is -2.39. The van der Waals surface area contributed by atoms with Crippen molar-refractivity contribution < 1.29 is 0 Å². The van der Waals surface area contributed by atoms with Crippen LogP contribution in [-0.4, -0.2) is 25.2 Å². The Morgan fingerprint density at radius 1 is 0.900 bits per heavy atom. The summed E-state index contributed by atoms with van der Waals surface area (Å²) in [7, 11) is 4.25. The lowest BCUT2D eigenvalue weighted by Crippen LogP contribution is -2.41. The Hall–Kier alpha value is -1.16. The summed E-state index contributed by atoms with van der Waals surface area (Å²) in [5.74, 6) is 0. The fourth-order valence-corrected chi connectivity index (χ4v) is 3.44. The Labute approximate surface area is 131 Å². The van der Waals surface area contributed by atoms with Crippen LogP contribution in [0.2, 0.25) is 0 Å². The molecule has 1 aliphatic heterocycles. The molecule has 0 bridgehead atoms. The van der Waals surface area contributed by atoms with Gasteiger partial charge in [-0.15, -0.1) is 12.4 Å². The molecule has 2 aromatic rings. The predicted octanol–water partition coefficient (Wildman–Crippen LogP) is 4.62. The molecule has 0 N–H and O–H groups in total. The van der Waals surface area contributed by atoms with Gasteiger partial charge in [0, 0.05) is 9.79 Å². The van der Waals surface area contributed by atoms with Crippen LogP contribution in [0, 0.1) is 0 Å². The highest BCUT2D eigenvalue weighted by Gasteiger charge is 2.27. The standard InChI is InChI=1S/C16H18N2S.ClH/c1-12(17(2)3)18-13-8-4-6-10-15(13)19-16-11-7-5-9-14(16)18;/h4-12H,1-3H3;1H. The van der Waals surface area contributed by atoms with Crippen molar-refractivity contribution in [2.75, 3.05) is 19.0 Å². The summed E-state index contributed by atoms with van der Waals surface area (Å²) < 4.78 is 0. The topological polar surface area (TPSA) is 6.48 Å². The number of halogens is 1. The molecule has 0 saturated heterocycles. The number of fused-ring (bicyclic) bond motifs is 2. The summed E-state index contributed by atoms with van der Waals surface area (Å²) in [6, 6.07) is 17.3. The molecule has 20 heavy (non-hydrogen) atoms. The van der Waals surface area contributed by atoms with Gasteiger partial charge in [-0.1, -0.05) is 36.0 Å². The van der Waals surface area contributed by atoms with Gasteiger partial charge in [0.15, 0.2) is 0 Å². The summed E-state index contributed by atoms with van der Waals surface area (Å²) in [5, 5.41) is 0. The normalized spacial score (nSPS) is 14.3. The number of hydrogen-bond acceptors (Lipinski definition) is 3. The van der Waals surface area contributed by atoms with Crippen LogP contribution in [0.3, 0.4) is 0 Å². The summed E-state index contributed by atoms with van der Waals surface area (Å²) in [4.78, 5) is 7.31. The Morgan fingerprint density at radius 3 is 1.80 bits per heavy atom. The quantitative estimate of drug-likeness (QED) is 0.799. The van der Waals surface area contributed by atoms with E-state index in [2.05, 4.69) is 79.3 Å². The maximum atomic E-state index is 2.42. The van der Waals surface area contributed by atoms with Gasteiger partial charge in [0.05, 0.1) is 17.5 Å². The first kappa shape index (κ1) is 15.2. The first-order valence-corrected chi connectivity index (χ1v) is 7.31. The van der Waals surface area contributed by atoms with E-state index in [4.69, 9.17) is 0 Å². The lowest BCUT2D eigenvalue weighted by molar-refractivity contribution is 0.317. The lowest BCUT2D eigenvalue weighted by atomic mass is 10.2. The monoisotopic (exact) mass is 306 g/mol. The number of nitrogens with zero attached hydrogens (tertiary/aromatic N) is 2. The highest BCUT2D eigenvalue weighted by Crippen LogP contribution is 2.48. The van der Waals surface area contributed by atoms with Crippen LogP contribution >= 0.6 is 24.2 Å². The van der Waals surface area contributed by atoms with Crippen molar-refractivity contribution in [3.63, 3.8) is 0 Å². The molecule has 2 aromatic carbocycles. The third kappa shape index (κ3) is 2.53. The van der Waals surface area contributed by atoms with Crippen LogP contribution in [-0.2, 0) is 0 Å². The minimum absolute atomic E-state index is 0. The summed E-state index contributed by atoms with van der Waals surface area (Å²) in [5.41, 5.74) is 2.60. The van der Waals surface area contributed by atoms with E-state index in [0.29, 0.717) is 6.17 Å². The molecular weight excluding hydrogens is 288 g/mol. The molecule has 0 amide bonds. The first-order valence-electron chi connectivity index (χ1n) is 6.50. The van der Waals surface area contributed by atoms with E-state index in [1.54, 1.807) is 0 Å². The van der Waals surface area contributed by atoms with Crippen LogP contribution in [0.1, 0.15) is 6.92 Å². The van der Waals surface area contributed by atoms with E-state index in [-0.39, 0.29) is 12.4 Å². The molecule has 1 aliphatic rings. The molecule has 3 rings (SSSR count). The minimum Gasteiger partial charge on any atom is -0.323 e. The number of hydrogen-bond donors (Lipinski definition) is 0. The van der Waals surface area contributed by atoms with Gasteiger partial charge in [0.25, 0.3) is 0 Å². The maximum absolute atomic E-state index is 2.42. The summed E-state index contributed by atoms with van der Waals surface area (Å²) in [6.45, 7) is 2.24. The first-order chi connectivity index (χ1) is 9.18. The average Bonchev–Trinajstić information content (AvgIpc) is 2.43. The van der Waals surface area contributed by atoms with Gasteiger partial charge in [-0.25, -0.2) is 0 Å². The molecule has 0 saturated carbocycles. The van der Waals surface area contributed by atoms with Gasteiger partial charge in [-0.3, -0.25) is 4.90 Å². The van der Waals surface area contributed by atoms with Gasteiger partial charge >= 0.3 is 0 Å². The Bertz CT molecular complexity index is 555. The number of benzene rings is 2. The molecule has 0 aliphatic carbocycles. The second-order valence-corrected chi connectivity index (χ2v) is 6.09. The van der Waals surface area contributed by atoms with Crippen molar-refractivity contribution in [1.29, 1.82) is 0 Å². The molecule has 2 nitrogen and oxygen atoms in total. The number of anilines is 2. The van der Waals surface area contributed by atoms with Crippen LogP contribution in [0.5, 0.6) is 0 Å². The van der Waals surface area contributed by atoms with Crippen LogP contribution < -0.4 is 4.90 Å². The zero-order valence-electron chi connectivity index (χ0n) is 11.9. The Morgan fingerprint density at radius 2 is 1.35 bits per heavy atom. The van der Waals surface area contributed by atoms with Crippen molar-refractivity contribution in [3.05, 3.63) is 48.5 Å². The molecule has 0 aromatic heterocycles. The Kier molecular flexibility index (Phi) is 4.63. The van der Waals surface area contributed by atoms with E-state index in [1.807, 2.05) is 11.8 Å². The maximum Gasteiger partial charge on any atom is 0.0837 e. The van der Waals surface area contributed by atoms with Crippen LogP contribution in [0.25, 0.3) is 0 Å². The van der Waals surface area contributed by atoms with Crippen molar-refractivity contribution in [1.82, 2.24) is 4.90 Å². The minimum atomic E-state index is 0. The van der Waals surface area contributed by atoms with Crippen molar-refractivity contribution in [3.8, 4) is 0 Å². The molecule has 1 heterocycles. The van der Waals surface area contributed by atoms with E-state index in [9.17, 15) is 0 Å². The van der Waals surface area contributed by atoms with Gasteiger partial charge < -0.3 is 4.90 Å². The molecule has 106 valence electrons. The number of para-hydroxylation sites is 2. The highest BCUT2D eigenvalue weighted by atomic mass is 35.5. The molecular formula is C16H19ClN2S. The fourth-order valence-electron chi connectivity index (χ4n) is 2.37. The Balaban J connectivity index is 0.00000147. The van der Waals surface area contributed by atoms with Crippen LogP contribution in [0.15, 0.2) is 58.3 Å². The molecule has 1 atom stereocenters. The van der Waals surface area contributed by atoms with E-state index in [0.717, 1.165) is 0 Å². The van der Waals surface area contributed by atoms with Crippen molar-refractivity contribution in [2.45, 2.75) is 22.9 Å². The van der Waals surface area contributed by atoms with E-state index >= 15 is 0 Å². The largest absolute Gasteiger partial charge is 0.323 e. The third-order valence-electron chi connectivity index (χ3n) is 3.59. The summed E-state index contributed by atoms with van der Waals surface area (Å²) in [6.07, 6.45) is 0.322. The third-order valence-corrected chi connectivity index (χ3v) is 4.72. The number of rotatable bonds is 2. The van der Waals surface area contributed by atoms with E-state index in [1.165, 1.54) is 21.2 Å². The second kappa shape index (κ2) is 6.08. The fraction of sp³-hybridized carbons (Fsp3) is 0.250. The average molecular weight is 307 g/mol. The zero-order valence-corrected chi connectivity index (χ0v) is 13.5. The molecule has 1 unspecified atom stereocenters. The zero-order chi connectivity index (χ0) is 13.4. The van der Waals surface area contributed by atoms with Crippen LogP contribution in [0.4, 0.5) is 11.4 Å². The second-order valence-electron chi connectivity index (χ2n) is 5.00. The van der Waals surface area contributed by atoms with Crippen molar-refractivity contribution in [2.24, 2.45) is 0 Å². The molecule has 0 radical (unpaired) electrons. The molecule has 0 fully saturated rings. The van der Waals surface area contributed by atoms with Gasteiger partial charge in [0.1, 0.15) is 0 Å². The van der Waals surface area contributed by atoms with Gasteiger partial charge in [0.2, 0.25) is 0 Å². The summed E-state index contributed by atoms with van der Waals surface area (Å²) >= 11 is 1.86. The molecule has 4 heteroatoms. The molecule has 0 spiro atoms. The van der Waals surface area contributed by atoms with Crippen molar-refractivity contribution >= 4 is 35.5 Å². The van der Waals surface area contributed by atoms with E-state index < -0.39 is 0 Å². The highest BCUT2D eigenvalue weighted by molar-refractivity contribution is 7.99. The smallest absolute Gasteiger partial charge is 0.0837 e.